The van der Waals surface area contributed by atoms with Crippen LogP contribution in [0.4, 0.5) is 5.69 Å². The molecule has 0 saturated carbocycles. The molecule has 0 amide bonds. The molecular formula is C14H22N2. The summed E-state index contributed by atoms with van der Waals surface area (Å²) in [6, 6.07) is 9.37. The molecule has 1 aliphatic heterocycles. The Morgan fingerprint density at radius 2 is 1.94 bits per heavy atom. The molecule has 2 nitrogen and oxygen atoms in total. The minimum atomic E-state index is 0.435. The SMILES string of the molecule is CNC(C)c1cccc(N2CCCCC2)c1. The Bertz CT molecular complexity index is 329. The van der Waals surface area contributed by atoms with Crippen molar-refractivity contribution in [2.75, 3.05) is 25.0 Å². The Morgan fingerprint density at radius 1 is 1.19 bits per heavy atom. The minimum Gasteiger partial charge on any atom is -0.372 e. The number of piperidine rings is 1. The maximum atomic E-state index is 3.29. The number of rotatable bonds is 3. The van der Waals surface area contributed by atoms with E-state index < -0.39 is 0 Å². The van der Waals surface area contributed by atoms with Gasteiger partial charge in [0.05, 0.1) is 0 Å². The second kappa shape index (κ2) is 5.35. The molecule has 1 fully saturated rings. The summed E-state index contributed by atoms with van der Waals surface area (Å²) in [4.78, 5) is 2.51. The third-order valence-corrected chi connectivity index (χ3v) is 3.52. The van der Waals surface area contributed by atoms with Gasteiger partial charge in [-0.1, -0.05) is 12.1 Å². The molecule has 1 aromatic rings. The fourth-order valence-electron chi connectivity index (χ4n) is 2.31. The van der Waals surface area contributed by atoms with Gasteiger partial charge in [0.1, 0.15) is 0 Å². The first-order valence-electron chi connectivity index (χ1n) is 6.33. The summed E-state index contributed by atoms with van der Waals surface area (Å²) in [5.74, 6) is 0. The standard InChI is InChI=1S/C14H22N2/c1-12(15-2)13-7-6-8-14(11-13)16-9-4-3-5-10-16/h6-8,11-12,15H,3-5,9-10H2,1-2H3. The zero-order valence-corrected chi connectivity index (χ0v) is 10.4. The van der Waals surface area contributed by atoms with Crippen molar-refractivity contribution in [1.82, 2.24) is 5.32 Å². The monoisotopic (exact) mass is 218 g/mol. The lowest BCUT2D eigenvalue weighted by Gasteiger charge is -2.29. The fourth-order valence-corrected chi connectivity index (χ4v) is 2.31. The molecular weight excluding hydrogens is 196 g/mol. The van der Waals surface area contributed by atoms with E-state index in [1.807, 2.05) is 7.05 Å². The molecule has 1 aliphatic rings. The molecule has 16 heavy (non-hydrogen) atoms. The molecule has 0 spiro atoms. The molecule has 88 valence electrons. The summed E-state index contributed by atoms with van der Waals surface area (Å²) in [5.41, 5.74) is 2.77. The molecule has 2 heteroatoms. The summed E-state index contributed by atoms with van der Waals surface area (Å²) in [5, 5.41) is 3.29. The van der Waals surface area contributed by atoms with Crippen molar-refractivity contribution in [3.8, 4) is 0 Å². The second-order valence-corrected chi connectivity index (χ2v) is 4.65. The predicted molar refractivity (Wildman–Crippen MR) is 70.0 cm³/mol. The number of anilines is 1. The van der Waals surface area contributed by atoms with E-state index in [0.29, 0.717) is 6.04 Å². The zero-order valence-electron chi connectivity index (χ0n) is 10.4. The van der Waals surface area contributed by atoms with Crippen molar-refractivity contribution in [3.05, 3.63) is 29.8 Å². The largest absolute Gasteiger partial charge is 0.372 e. The van der Waals surface area contributed by atoms with Crippen molar-refractivity contribution >= 4 is 5.69 Å². The highest BCUT2D eigenvalue weighted by Crippen LogP contribution is 2.23. The molecule has 0 aromatic heterocycles. The number of nitrogens with zero attached hydrogens (tertiary/aromatic N) is 1. The molecule has 1 atom stereocenters. The van der Waals surface area contributed by atoms with Gasteiger partial charge in [-0.2, -0.15) is 0 Å². The Hall–Kier alpha value is -1.02. The Balaban J connectivity index is 2.14. The highest BCUT2D eigenvalue weighted by atomic mass is 15.1. The molecule has 1 heterocycles. The average Bonchev–Trinajstić information content (AvgIpc) is 2.39. The predicted octanol–water partition coefficient (Wildman–Crippen LogP) is 2.96. The molecule has 1 N–H and O–H groups in total. The fraction of sp³-hybridized carbons (Fsp3) is 0.571. The smallest absolute Gasteiger partial charge is 0.0369 e. The number of nitrogens with one attached hydrogen (secondary N) is 1. The number of benzene rings is 1. The molecule has 1 saturated heterocycles. The number of hydrogen-bond acceptors (Lipinski definition) is 2. The van der Waals surface area contributed by atoms with Crippen molar-refractivity contribution < 1.29 is 0 Å². The molecule has 0 radical (unpaired) electrons. The Kier molecular flexibility index (Phi) is 3.83. The van der Waals surface area contributed by atoms with E-state index >= 15 is 0 Å². The topological polar surface area (TPSA) is 15.3 Å². The van der Waals surface area contributed by atoms with E-state index in [-0.39, 0.29) is 0 Å². The first kappa shape index (κ1) is 11.5. The first-order chi connectivity index (χ1) is 7.81. The molecule has 1 aromatic carbocycles. The lowest BCUT2D eigenvalue weighted by Crippen LogP contribution is -2.29. The van der Waals surface area contributed by atoms with Gasteiger partial charge in [-0.05, 0) is 50.9 Å². The van der Waals surface area contributed by atoms with Crippen LogP contribution in [0.25, 0.3) is 0 Å². The van der Waals surface area contributed by atoms with Crippen molar-refractivity contribution in [3.63, 3.8) is 0 Å². The highest BCUT2D eigenvalue weighted by Gasteiger charge is 2.11. The summed E-state index contributed by atoms with van der Waals surface area (Å²) >= 11 is 0. The van der Waals surface area contributed by atoms with Gasteiger partial charge in [0, 0.05) is 24.8 Å². The average molecular weight is 218 g/mol. The molecule has 1 unspecified atom stereocenters. The van der Waals surface area contributed by atoms with E-state index in [4.69, 9.17) is 0 Å². The van der Waals surface area contributed by atoms with E-state index in [1.54, 1.807) is 0 Å². The second-order valence-electron chi connectivity index (χ2n) is 4.65. The van der Waals surface area contributed by atoms with Gasteiger partial charge >= 0.3 is 0 Å². The lowest BCUT2D eigenvalue weighted by molar-refractivity contribution is 0.577. The van der Waals surface area contributed by atoms with E-state index in [1.165, 1.54) is 43.6 Å². The summed E-state index contributed by atoms with van der Waals surface area (Å²) in [6.07, 6.45) is 4.07. The molecule has 0 bridgehead atoms. The van der Waals surface area contributed by atoms with Gasteiger partial charge < -0.3 is 10.2 Å². The van der Waals surface area contributed by atoms with Crippen LogP contribution < -0.4 is 10.2 Å². The number of hydrogen-bond donors (Lipinski definition) is 1. The van der Waals surface area contributed by atoms with Gasteiger partial charge in [-0.25, -0.2) is 0 Å². The third kappa shape index (κ3) is 2.56. The van der Waals surface area contributed by atoms with Gasteiger partial charge in [-0.15, -0.1) is 0 Å². The molecule has 0 aliphatic carbocycles. The summed E-state index contributed by atoms with van der Waals surface area (Å²) in [6.45, 7) is 4.64. The van der Waals surface area contributed by atoms with E-state index in [0.717, 1.165) is 0 Å². The van der Waals surface area contributed by atoms with Crippen LogP contribution in [0.3, 0.4) is 0 Å². The van der Waals surface area contributed by atoms with E-state index in [9.17, 15) is 0 Å². The summed E-state index contributed by atoms with van der Waals surface area (Å²) in [7, 11) is 2.01. The van der Waals surface area contributed by atoms with Gasteiger partial charge in [0.2, 0.25) is 0 Å². The van der Waals surface area contributed by atoms with Crippen LogP contribution in [-0.2, 0) is 0 Å². The minimum absolute atomic E-state index is 0.435. The summed E-state index contributed by atoms with van der Waals surface area (Å²) < 4.78 is 0. The van der Waals surface area contributed by atoms with Crippen molar-refractivity contribution in [2.24, 2.45) is 0 Å². The normalized spacial score (nSPS) is 18.5. The van der Waals surface area contributed by atoms with Gasteiger partial charge in [-0.3, -0.25) is 0 Å². The quantitative estimate of drug-likeness (QED) is 0.839. The van der Waals surface area contributed by atoms with Gasteiger partial charge in [0.25, 0.3) is 0 Å². The first-order valence-corrected chi connectivity index (χ1v) is 6.33. The van der Waals surface area contributed by atoms with Crippen molar-refractivity contribution in [2.45, 2.75) is 32.2 Å². The van der Waals surface area contributed by atoms with Crippen LogP contribution in [0.1, 0.15) is 37.8 Å². The zero-order chi connectivity index (χ0) is 11.4. The van der Waals surface area contributed by atoms with Crippen LogP contribution in [0.5, 0.6) is 0 Å². The Morgan fingerprint density at radius 3 is 2.62 bits per heavy atom. The van der Waals surface area contributed by atoms with Gasteiger partial charge in [0.15, 0.2) is 0 Å². The van der Waals surface area contributed by atoms with Crippen LogP contribution in [0.2, 0.25) is 0 Å². The maximum Gasteiger partial charge on any atom is 0.0369 e. The maximum absolute atomic E-state index is 3.29. The van der Waals surface area contributed by atoms with Crippen molar-refractivity contribution in [1.29, 1.82) is 0 Å². The van der Waals surface area contributed by atoms with Crippen LogP contribution in [0, 0.1) is 0 Å². The third-order valence-electron chi connectivity index (χ3n) is 3.52. The Labute approximate surface area is 98.7 Å². The van der Waals surface area contributed by atoms with E-state index in [2.05, 4.69) is 41.4 Å². The van der Waals surface area contributed by atoms with Crippen LogP contribution in [-0.4, -0.2) is 20.1 Å². The lowest BCUT2D eigenvalue weighted by atomic mass is 10.1. The molecule has 2 rings (SSSR count). The van der Waals surface area contributed by atoms with Crippen LogP contribution >= 0.6 is 0 Å². The van der Waals surface area contributed by atoms with Crippen LogP contribution in [0.15, 0.2) is 24.3 Å². The highest BCUT2D eigenvalue weighted by molar-refractivity contribution is 5.49.